The number of nitrogens with zero attached hydrogens (tertiary/aromatic N) is 2. The Morgan fingerprint density at radius 3 is 2.75 bits per heavy atom. The molecule has 13 heteroatoms. The molecule has 2 aromatic rings. The molecule has 2 aliphatic carbocycles. The maximum atomic E-state index is 13.7. The largest absolute Gasteiger partial charge is 0.490 e. The van der Waals surface area contributed by atoms with Crippen LogP contribution in [-0.4, -0.2) is 89.6 Å². The zero-order valence-corrected chi connectivity index (χ0v) is 31.1. The number of methoxy groups -OCH3 is 1. The van der Waals surface area contributed by atoms with E-state index in [0.29, 0.717) is 49.3 Å². The number of carbonyl (C=O) groups excluding carboxylic acids is 2. The van der Waals surface area contributed by atoms with Crippen LogP contribution < -0.4 is 14.4 Å². The summed E-state index contributed by atoms with van der Waals surface area (Å²) in [5.74, 6) is -0.0455. The standard InChI is InChI=1S/C38H48ClN3O8S/c1-37(2)35(43)40-51(45,46)29-12-15-34-32(20-29)41(23-38(24-48-34)16-4-7-25-19-27(39)11-14-31(25)38)21-26-10-13-30(26)33(9-6-18-49-37)50-36(44)42-17-5-8-28(42)22-47-3/h6,9,11-12,14-15,19-20,26,28,30,33H,4-5,7-8,10,13,16-18,21-24H2,1-3H3,(H,40,43)/b9-6+/t26-,28-,30+,33-,38-/m0/s1. The fourth-order valence-electron chi connectivity index (χ4n) is 8.51. The van der Waals surface area contributed by atoms with E-state index in [2.05, 4.69) is 15.7 Å². The number of aryl methyl sites for hydroxylation is 1. The van der Waals surface area contributed by atoms with Crippen molar-refractivity contribution in [1.82, 2.24) is 9.62 Å². The van der Waals surface area contributed by atoms with Crippen molar-refractivity contribution in [1.29, 1.82) is 0 Å². The molecular weight excluding hydrogens is 694 g/mol. The molecule has 5 aliphatic rings. The number of fused-ring (bicyclic) bond motifs is 4. The number of likely N-dealkylation sites (tertiary alicyclic amines) is 1. The van der Waals surface area contributed by atoms with Crippen molar-refractivity contribution >= 4 is 39.3 Å². The molecule has 11 nitrogen and oxygen atoms in total. The summed E-state index contributed by atoms with van der Waals surface area (Å²) in [5, 5.41) is 0.701. The average Bonchev–Trinajstić information content (AvgIpc) is 3.49. The summed E-state index contributed by atoms with van der Waals surface area (Å²) < 4.78 is 53.7. The number of benzene rings is 2. The number of amides is 2. The van der Waals surface area contributed by atoms with E-state index in [0.717, 1.165) is 44.9 Å². The Bertz CT molecular complexity index is 1800. The van der Waals surface area contributed by atoms with E-state index >= 15 is 0 Å². The molecule has 7 rings (SSSR count). The van der Waals surface area contributed by atoms with E-state index in [1.807, 2.05) is 18.2 Å². The van der Waals surface area contributed by atoms with Crippen LogP contribution in [0.15, 0.2) is 53.4 Å². The van der Waals surface area contributed by atoms with Gasteiger partial charge in [-0.2, -0.15) is 0 Å². The number of hydrogen-bond donors (Lipinski definition) is 1. The molecule has 2 bridgehead atoms. The predicted octanol–water partition coefficient (Wildman–Crippen LogP) is 5.63. The van der Waals surface area contributed by atoms with Gasteiger partial charge >= 0.3 is 6.09 Å². The quantitative estimate of drug-likeness (QED) is 0.399. The van der Waals surface area contributed by atoms with Gasteiger partial charge in [-0.05, 0) is 112 Å². The number of ether oxygens (including phenoxy) is 4. The van der Waals surface area contributed by atoms with Gasteiger partial charge in [0.15, 0.2) is 0 Å². The molecule has 1 N–H and O–H groups in total. The smallest absolute Gasteiger partial charge is 0.410 e. The number of carbonyl (C=O) groups is 2. The first-order valence-electron chi connectivity index (χ1n) is 18.0. The number of nitrogens with one attached hydrogen (secondary N) is 1. The van der Waals surface area contributed by atoms with E-state index in [1.165, 1.54) is 31.0 Å². The number of anilines is 1. The Kier molecular flexibility index (Phi) is 10.1. The first-order chi connectivity index (χ1) is 24.4. The van der Waals surface area contributed by atoms with Crippen LogP contribution in [0.4, 0.5) is 10.5 Å². The molecule has 1 saturated carbocycles. The first kappa shape index (κ1) is 36.1. The normalized spacial score (nSPS) is 30.5. The summed E-state index contributed by atoms with van der Waals surface area (Å²) in [6.45, 7) is 5.78. The SMILES string of the molecule is COC[C@@H]1CCCN1C(=O)O[C@H]1/C=C/COC(C)(C)C(=O)NS(=O)(=O)c2ccc3c(c2)N(C[C@@H]2CC[C@H]21)C[C@@]1(CCCc2cc(Cl)ccc21)CO3. The average molecular weight is 742 g/mol. The minimum absolute atomic E-state index is 0.0193. The molecule has 3 aliphatic heterocycles. The van der Waals surface area contributed by atoms with Gasteiger partial charge in [0.05, 0.1) is 36.4 Å². The number of rotatable bonds is 3. The van der Waals surface area contributed by atoms with Gasteiger partial charge in [0, 0.05) is 43.1 Å². The third-order valence-electron chi connectivity index (χ3n) is 11.5. The summed E-state index contributed by atoms with van der Waals surface area (Å²) in [6, 6.07) is 10.9. The van der Waals surface area contributed by atoms with Gasteiger partial charge in [-0.15, -0.1) is 0 Å². The monoisotopic (exact) mass is 741 g/mol. The maximum Gasteiger partial charge on any atom is 0.410 e. The highest BCUT2D eigenvalue weighted by molar-refractivity contribution is 7.90. The molecule has 2 amide bonds. The van der Waals surface area contributed by atoms with Crippen molar-refractivity contribution in [3.63, 3.8) is 0 Å². The van der Waals surface area contributed by atoms with E-state index in [-0.39, 0.29) is 40.9 Å². The topological polar surface area (TPSA) is 124 Å². The van der Waals surface area contributed by atoms with E-state index in [9.17, 15) is 18.0 Å². The van der Waals surface area contributed by atoms with Gasteiger partial charge in [-0.3, -0.25) is 4.79 Å². The minimum atomic E-state index is -4.24. The van der Waals surface area contributed by atoms with Crippen LogP contribution in [-0.2, 0) is 40.9 Å². The molecule has 51 heavy (non-hydrogen) atoms. The molecule has 2 aromatic carbocycles. The van der Waals surface area contributed by atoms with Crippen LogP contribution in [0, 0.1) is 11.8 Å². The Labute approximate surface area is 305 Å². The molecule has 1 spiro atoms. The third kappa shape index (κ3) is 7.21. The Morgan fingerprint density at radius 2 is 1.96 bits per heavy atom. The van der Waals surface area contributed by atoms with E-state index in [4.69, 9.17) is 30.5 Å². The fourth-order valence-corrected chi connectivity index (χ4v) is 9.83. The fraction of sp³-hybridized carbons (Fsp3) is 0.579. The highest BCUT2D eigenvalue weighted by atomic mass is 35.5. The van der Waals surface area contributed by atoms with Crippen molar-refractivity contribution in [2.75, 3.05) is 51.5 Å². The minimum Gasteiger partial charge on any atom is -0.490 e. The van der Waals surface area contributed by atoms with Crippen LogP contribution in [0.1, 0.15) is 63.5 Å². The lowest BCUT2D eigenvalue weighted by Crippen LogP contribution is -2.50. The summed E-state index contributed by atoms with van der Waals surface area (Å²) >= 11 is 6.45. The van der Waals surface area contributed by atoms with Gasteiger partial charge in [0.25, 0.3) is 15.9 Å². The van der Waals surface area contributed by atoms with Crippen molar-refractivity contribution < 1.29 is 37.0 Å². The van der Waals surface area contributed by atoms with E-state index in [1.54, 1.807) is 30.2 Å². The van der Waals surface area contributed by atoms with Crippen LogP contribution in [0.2, 0.25) is 5.02 Å². The van der Waals surface area contributed by atoms with Crippen LogP contribution in [0.25, 0.3) is 0 Å². The summed E-state index contributed by atoms with van der Waals surface area (Å²) in [5.41, 5.74) is 1.24. The highest BCUT2D eigenvalue weighted by Crippen LogP contribution is 2.47. The maximum absolute atomic E-state index is 13.7. The summed E-state index contributed by atoms with van der Waals surface area (Å²) in [6.07, 6.45) is 9.10. The number of halogens is 1. The summed E-state index contributed by atoms with van der Waals surface area (Å²) in [4.78, 5) is 31.0. The van der Waals surface area contributed by atoms with Crippen LogP contribution in [0.3, 0.4) is 0 Å². The summed E-state index contributed by atoms with van der Waals surface area (Å²) in [7, 11) is -2.60. The molecule has 0 radical (unpaired) electrons. The van der Waals surface area contributed by atoms with Gasteiger partial charge in [0.2, 0.25) is 0 Å². The third-order valence-corrected chi connectivity index (χ3v) is 13.1. The van der Waals surface area contributed by atoms with Gasteiger partial charge in [0.1, 0.15) is 17.5 Å². The molecule has 1 saturated heterocycles. The zero-order valence-electron chi connectivity index (χ0n) is 29.6. The molecule has 3 heterocycles. The van der Waals surface area contributed by atoms with Crippen molar-refractivity contribution in [3.8, 4) is 5.75 Å². The molecular formula is C38H48ClN3O8S. The van der Waals surface area contributed by atoms with Crippen LogP contribution >= 0.6 is 11.6 Å². The second-order valence-corrected chi connectivity index (χ2v) is 17.3. The van der Waals surface area contributed by atoms with Gasteiger partial charge in [-0.1, -0.05) is 23.7 Å². The van der Waals surface area contributed by atoms with E-state index < -0.39 is 27.6 Å². The van der Waals surface area contributed by atoms with Crippen molar-refractivity contribution in [2.24, 2.45) is 11.8 Å². The molecule has 5 atom stereocenters. The Balaban J connectivity index is 1.27. The molecule has 0 aromatic heterocycles. The number of hydrogen-bond acceptors (Lipinski definition) is 9. The predicted molar refractivity (Wildman–Crippen MR) is 193 cm³/mol. The highest BCUT2D eigenvalue weighted by Gasteiger charge is 2.46. The molecule has 276 valence electrons. The van der Waals surface area contributed by atoms with Gasteiger partial charge < -0.3 is 28.7 Å². The van der Waals surface area contributed by atoms with Gasteiger partial charge in [-0.25, -0.2) is 17.9 Å². The Morgan fingerprint density at radius 1 is 1.12 bits per heavy atom. The van der Waals surface area contributed by atoms with Crippen molar-refractivity contribution in [3.05, 3.63) is 64.7 Å². The molecule has 2 fully saturated rings. The second-order valence-electron chi connectivity index (χ2n) is 15.2. The second kappa shape index (κ2) is 14.2. The lowest BCUT2D eigenvalue weighted by Gasteiger charge is -2.46. The first-order valence-corrected chi connectivity index (χ1v) is 19.9. The molecule has 0 unspecified atom stereocenters. The number of sulfonamides is 1. The Hall–Kier alpha value is -3.32. The lowest BCUT2D eigenvalue weighted by atomic mass is 9.68. The van der Waals surface area contributed by atoms with Crippen molar-refractivity contribution in [2.45, 2.75) is 86.9 Å². The zero-order chi connectivity index (χ0) is 36.0. The van der Waals surface area contributed by atoms with Crippen LogP contribution in [0.5, 0.6) is 5.75 Å². The lowest BCUT2D eigenvalue weighted by molar-refractivity contribution is -0.139.